The van der Waals surface area contributed by atoms with Crippen LogP contribution in [0, 0.1) is 16.0 Å². The van der Waals surface area contributed by atoms with Crippen molar-refractivity contribution in [2.45, 2.75) is 18.7 Å². The van der Waals surface area contributed by atoms with E-state index in [1.165, 1.54) is 0 Å². The van der Waals surface area contributed by atoms with Crippen LogP contribution in [0.4, 0.5) is 11.4 Å². The minimum atomic E-state index is -0.370. The summed E-state index contributed by atoms with van der Waals surface area (Å²) >= 11 is 5.84. The maximum Gasteiger partial charge on any atom is 0.273 e. The van der Waals surface area contributed by atoms with Gasteiger partial charge in [0.05, 0.1) is 10.8 Å². The normalized spacial score (nSPS) is 16.5. The largest absolute Gasteiger partial charge is 0.371 e. The lowest BCUT2D eigenvalue weighted by atomic mass is 9.96. The molecule has 1 aromatic rings. The Morgan fingerprint density at radius 2 is 2.05 bits per heavy atom. The van der Waals surface area contributed by atoms with E-state index in [1.54, 1.807) is 6.07 Å². The molecule has 5 nitrogen and oxygen atoms in total. The van der Waals surface area contributed by atoms with E-state index in [-0.39, 0.29) is 16.5 Å². The molecule has 1 aliphatic heterocycles. The molecule has 0 aliphatic carbocycles. The van der Waals surface area contributed by atoms with Crippen LogP contribution in [-0.2, 0) is 5.88 Å². The van der Waals surface area contributed by atoms with Crippen molar-refractivity contribution in [1.82, 2.24) is 4.90 Å². The summed E-state index contributed by atoms with van der Waals surface area (Å²) in [6, 6.07) is 5.26. The Hall–Kier alpha value is -1.33. The molecule has 0 atom stereocenters. The predicted molar refractivity (Wildman–Crippen MR) is 86.1 cm³/mol. The number of halogens is 1. The molecule has 0 unspecified atom stereocenters. The molecule has 0 radical (unpaired) electrons. The van der Waals surface area contributed by atoms with Crippen LogP contribution in [0.2, 0.25) is 0 Å². The lowest BCUT2D eigenvalue weighted by Gasteiger charge is -2.34. The fraction of sp³-hybridized carbons (Fsp3) is 0.600. The van der Waals surface area contributed by atoms with Crippen LogP contribution in [0.25, 0.3) is 0 Å². The van der Waals surface area contributed by atoms with Gasteiger partial charge in [0.1, 0.15) is 0 Å². The second-order valence-corrected chi connectivity index (χ2v) is 6.16. The van der Waals surface area contributed by atoms with E-state index in [0.717, 1.165) is 44.1 Å². The van der Waals surface area contributed by atoms with Crippen LogP contribution in [0.5, 0.6) is 0 Å². The number of nitro groups is 1. The van der Waals surface area contributed by atoms with Crippen LogP contribution in [0.1, 0.15) is 18.4 Å². The molecule has 1 fully saturated rings. The number of hydrogen-bond acceptors (Lipinski definition) is 4. The van der Waals surface area contributed by atoms with Crippen LogP contribution in [0.15, 0.2) is 18.2 Å². The minimum Gasteiger partial charge on any atom is -0.371 e. The zero-order valence-corrected chi connectivity index (χ0v) is 13.3. The second kappa shape index (κ2) is 7.09. The van der Waals surface area contributed by atoms with Gasteiger partial charge in [-0.2, -0.15) is 0 Å². The lowest BCUT2D eigenvalue weighted by Crippen LogP contribution is -2.37. The van der Waals surface area contributed by atoms with E-state index in [2.05, 4.69) is 23.9 Å². The molecule has 0 amide bonds. The van der Waals surface area contributed by atoms with Crippen molar-refractivity contribution in [2.24, 2.45) is 5.92 Å². The monoisotopic (exact) mass is 311 g/mol. The SMILES string of the molecule is CN(C)CC1CCN(c2ccc([N+](=O)[O-])c(CCl)c2)CC1. The van der Waals surface area contributed by atoms with Crippen molar-refractivity contribution >= 4 is 23.0 Å². The highest BCUT2D eigenvalue weighted by atomic mass is 35.5. The van der Waals surface area contributed by atoms with Gasteiger partial charge in [-0.1, -0.05) is 0 Å². The molecule has 116 valence electrons. The fourth-order valence-corrected chi connectivity index (χ4v) is 3.16. The van der Waals surface area contributed by atoms with E-state index >= 15 is 0 Å². The average molecular weight is 312 g/mol. The molecule has 0 N–H and O–H groups in total. The Morgan fingerprint density at radius 3 is 2.57 bits per heavy atom. The molecule has 0 bridgehead atoms. The summed E-state index contributed by atoms with van der Waals surface area (Å²) in [5.74, 6) is 0.906. The molecule has 0 saturated carbocycles. The quantitative estimate of drug-likeness (QED) is 0.476. The number of piperidine rings is 1. The summed E-state index contributed by atoms with van der Waals surface area (Å²) in [7, 11) is 4.21. The molecule has 0 aromatic heterocycles. The van der Waals surface area contributed by atoms with E-state index in [0.29, 0.717) is 5.56 Å². The highest BCUT2D eigenvalue weighted by Gasteiger charge is 2.21. The van der Waals surface area contributed by atoms with Gasteiger partial charge in [0.25, 0.3) is 5.69 Å². The van der Waals surface area contributed by atoms with E-state index in [1.807, 2.05) is 12.1 Å². The van der Waals surface area contributed by atoms with E-state index in [4.69, 9.17) is 11.6 Å². The Morgan fingerprint density at radius 1 is 1.38 bits per heavy atom. The Labute approximate surface area is 130 Å². The van der Waals surface area contributed by atoms with Gasteiger partial charge < -0.3 is 9.80 Å². The number of nitro benzene ring substituents is 1. The predicted octanol–water partition coefficient (Wildman–Crippen LogP) is 3.11. The van der Waals surface area contributed by atoms with Crippen LogP contribution in [-0.4, -0.2) is 43.6 Å². The third kappa shape index (κ3) is 4.08. The van der Waals surface area contributed by atoms with E-state index < -0.39 is 0 Å². The molecular formula is C15H22ClN3O2. The topological polar surface area (TPSA) is 49.6 Å². The molecule has 21 heavy (non-hydrogen) atoms. The highest BCUT2D eigenvalue weighted by molar-refractivity contribution is 6.17. The van der Waals surface area contributed by atoms with Crippen molar-refractivity contribution < 1.29 is 4.92 Å². The Bertz CT molecular complexity index is 500. The third-order valence-corrected chi connectivity index (χ3v) is 4.29. The van der Waals surface area contributed by atoms with Gasteiger partial charge in [-0.05, 0) is 45.0 Å². The molecule has 2 rings (SSSR count). The van der Waals surface area contributed by atoms with Gasteiger partial charge in [0, 0.05) is 37.0 Å². The molecule has 0 spiro atoms. The average Bonchev–Trinajstić information content (AvgIpc) is 2.46. The number of rotatable bonds is 5. The van der Waals surface area contributed by atoms with Crippen molar-refractivity contribution in [1.29, 1.82) is 0 Å². The maximum absolute atomic E-state index is 10.9. The van der Waals surface area contributed by atoms with Crippen LogP contribution >= 0.6 is 11.6 Å². The number of anilines is 1. The summed E-state index contributed by atoms with van der Waals surface area (Å²) in [6.45, 7) is 3.12. The van der Waals surface area contributed by atoms with Gasteiger partial charge in [0.15, 0.2) is 0 Å². The Kier molecular flexibility index (Phi) is 5.42. The summed E-state index contributed by atoms with van der Waals surface area (Å²) in [5, 5.41) is 10.9. The first-order valence-corrected chi connectivity index (χ1v) is 7.77. The van der Waals surface area contributed by atoms with Crippen molar-refractivity contribution in [2.75, 3.05) is 38.6 Å². The number of hydrogen-bond donors (Lipinski definition) is 0. The van der Waals surface area contributed by atoms with Gasteiger partial charge in [-0.3, -0.25) is 10.1 Å². The van der Waals surface area contributed by atoms with Crippen LogP contribution in [0.3, 0.4) is 0 Å². The summed E-state index contributed by atoms with van der Waals surface area (Å²) in [4.78, 5) is 15.1. The van der Waals surface area contributed by atoms with E-state index in [9.17, 15) is 10.1 Å². The third-order valence-electron chi connectivity index (χ3n) is 4.01. The van der Waals surface area contributed by atoms with Crippen LogP contribution < -0.4 is 4.90 Å². The summed E-state index contributed by atoms with van der Waals surface area (Å²) in [6.07, 6.45) is 2.32. The number of alkyl halides is 1. The van der Waals surface area contributed by atoms with Crippen molar-refractivity contribution in [3.05, 3.63) is 33.9 Å². The molecule has 1 heterocycles. The van der Waals surface area contributed by atoms with Gasteiger partial charge >= 0.3 is 0 Å². The van der Waals surface area contributed by atoms with Crippen molar-refractivity contribution in [3.63, 3.8) is 0 Å². The molecule has 1 aliphatic rings. The van der Waals surface area contributed by atoms with Gasteiger partial charge in [-0.25, -0.2) is 0 Å². The molecule has 6 heteroatoms. The first kappa shape index (κ1) is 16.0. The lowest BCUT2D eigenvalue weighted by molar-refractivity contribution is -0.385. The number of nitrogens with zero attached hydrogens (tertiary/aromatic N) is 3. The zero-order chi connectivity index (χ0) is 15.4. The summed E-state index contributed by atoms with van der Waals surface area (Å²) < 4.78 is 0. The van der Waals surface area contributed by atoms with Gasteiger partial charge in [0.2, 0.25) is 0 Å². The van der Waals surface area contributed by atoms with Gasteiger partial charge in [-0.15, -0.1) is 11.6 Å². The highest BCUT2D eigenvalue weighted by Crippen LogP contribution is 2.29. The standard InChI is InChI=1S/C15H22ClN3O2/c1-17(2)11-12-5-7-18(8-6-12)14-3-4-15(19(20)21)13(9-14)10-16/h3-4,9,12H,5-8,10-11H2,1-2H3. The summed E-state index contributed by atoms with van der Waals surface area (Å²) in [5.41, 5.74) is 1.74. The number of benzene rings is 1. The maximum atomic E-state index is 10.9. The first-order chi connectivity index (χ1) is 10.0. The smallest absolute Gasteiger partial charge is 0.273 e. The minimum absolute atomic E-state index is 0.108. The second-order valence-electron chi connectivity index (χ2n) is 5.90. The first-order valence-electron chi connectivity index (χ1n) is 7.24. The zero-order valence-electron chi connectivity index (χ0n) is 12.6. The Balaban J connectivity index is 2.05. The molecule has 1 saturated heterocycles. The molecule has 1 aromatic carbocycles. The van der Waals surface area contributed by atoms with Crippen molar-refractivity contribution in [3.8, 4) is 0 Å². The molecular weight excluding hydrogens is 290 g/mol. The fourth-order valence-electron chi connectivity index (χ4n) is 2.94.